The molecule has 0 aromatic heterocycles. The first kappa shape index (κ1) is 17.2. The van der Waals surface area contributed by atoms with E-state index in [1.54, 1.807) is 12.1 Å². The molecule has 1 amide bonds. The lowest BCUT2D eigenvalue weighted by Gasteiger charge is -2.35. The molecule has 1 unspecified atom stereocenters. The van der Waals surface area contributed by atoms with E-state index in [2.05, 4.69) is 27.4 Å². The summed E-state index contributed by atoms with van der Waals surface area (Å²) in [7, 11) is 0. The van der Waals surface area contributed by atoms with E-state index in [4.69, 9.17) is 0 Å². The number of carbonyl (C=O) groups excluding carboxylic acids is 1. The molecule has 24 heavy (non-hydrogen) atoms. The summed E-state index contributed by atoms with van der Waals surface area (Å²) in [5.41, 5.74) is 0.996. The van der Waals surface area contributed by atoms with Crippen molar-refractivity contribution in [3.05, 3.63) is 29.6 Å². The smallest absolute Gasteiger partial charge is 0.251 e. The van der Waals surface area contributed by atoms with Crippen molar-refractivity contribution in [3.63, 3.8) is 0 Å². The van der Waals surface area contributed by atoms with Gasteiger partial charge in [-0.05, 0) is 44.1 Å². The second-order valence-corrected chi connectivity index (χ2v) is 6.60. The fourth-order valence-corrected chi connectivity index (χ4v) is 3.45. The second kappa shape index (κ2) is 7.94. The number of piperazine rings is 1. The third-order valence-corrected chi connectivity index (χ3v) is 5.00. The Morgan fingerprint density at radius 3 is 2.75 bits per heavy atom. The fraction of sp³-hybridized carbons (Fsp3) is 0.611. The largest absolute Gasteiger partial charge is 0.367 e. The minimum absolute atomic E-state index is 0.135. The number of amides is 1. The molecular formula is C18H27FN4O. The summed E-state index contributed by atoms with van der Waals surface area (Å²) in [5, 5.41) is 6.25. The highest BCUT2D eigenvalue weighted by Gasteiger charge is 2.21. The quantitative estimate of drug-likeness (QED) is 0.875. The van der Waals surface area contributed by atoms with Crippen molar-refractivity contribution < 1.29 is 9.18 Å². The van der Waals surface area contributed by atoms with Crippen molar-refractivity contribution in [1.82, 2.24) is 15.5 Å². The Labute approximate surface area is 143 Å². The minimum atomic E-state index is -0.311. The molecule has 132 valence electrons. The van der Waals surface area contributed by atoms with Crippen LogP contribution in [0.25, 0.3) is 0 Å². The summed E-state index contributed by atoms with van der Waals surface area (Å²) in [4.78, 5) is 16.7. The van der Waals surface area contributed by atoms with E-state index in [0.29, 0.717) is 11.3 Å². The van der Waals surface area contributed by atoms with Crippen LogP contribution in [-0.2, 0) is 0 Å². The van der Waals surface area contributed by atoms with Gasteiger partial charge in [-0.25, -0.2) is 4.39 Å². The number of benzene rings is 1. The van der Waals surface area contributed by atoms with Gasteiger partial charge in [-0.3, -0.25) is 4.79 Å². The van der Waals surface area contributed by atoms with E-state index < -0.39 is 0 Å². The van der Waals surface area contributed by atoms with Gasteiger partial charge in [0.1, 0.15) is 5.82 Å². The zero-order chi connectivity index (χ0) is 16.9. The molecule has 2 N–H and O–H groups in total. The SMILES string of the molecule is CCN1CCN(c2ccc(C(=O)NC3CCCNC3)cc2F)CC1. The fourth-order valence-electron chi connectivity index (χ4n) is 3.45. The topological polar surface area (TPSA) is 47.6 Å². The van der Waals surface area contributed by atoms with Crippen molar-refractivity contribution in [2.75, 3.05) is 50.7 Å². The Bertz CT molecular complexity index is 566. The van der Waals surface area contributed by atoms with Crippen LogP contribution in [0.1, 0.15) is 30.1 Å². The average molecular weight is 334 g/mol. The molecule has 6 heteroatoms. The van der Waals surface area contributed by atoms with E-state index in [1.165, 1.54) is 6.07 Å². The summed E-state index contributed by atoms with van der Waals surface area (Å²) in [6.07, 6.45) is 2.03. The van der Waals surface area contributed by atoms with Crippen molar-refractivity contribution in [2.45, 2.75) is 25.8 Å². The molecule has 2 aliphatic heterocycles. The maximum Gasteiger partial charge on any atom is 0.251 e. The molecule has 0 bridgehead atoms. The average Bonchev–Trinajstić information content (AvgIpc) is 2.62. The van der Waals surface area contributed by atoms with Gasteiger partial charge in [-0.2, -0.15) is 0 Å². The molecule has 5 nitrogen and oxygen atoms in total. The highest BCUT2D eigenvalue weighted by molar-refractivity contribution is 5.94. The van der Waals surface area contributed by atoms with Crippen LogP contribution >= 0.6 is 0 Å². The van der Waals surface area contributed by atoms with Crippen LogP contribution in [0.4, 0.5) is 10.1 Å². The standard InChI is InChI=1S/C18H27FN4O/c1-2-22-8-10-23(11-9-22)17-6-5-14(12-16(17)19)18(24)21-15-4-3-7-20-13-15/h5-6,12,15,20H,2-4,7-11,13H2,1H3,(H,21,24). The van der Waals surface area contributed by atoms with Crippen LogP contribution in [0, 0.1) is 5.82 Å². The number of nitrogens with zero attached hydrogens (tertiary/aromatic N) is 2. The van der Waals surface area contributed by atoms with Gasteiger partial charge in [-0.15, -0.1) is 0 Å². The molecule has 1 aromatic rings. The molecule has 1 aromatic carbocycles. The van der Waals surface area contributed by atoms with Gasteiger partial charge >= 0.3 is 0 Å². The second-order valence-electron chi connectivity index (χ2n) is 6.60. The van der Waals surface area contributed by atoms with Gasteiger partial charge in [0.2, 0.25) is 0 Å². The van der Waals surface area contributed by atoms with E-state index >= 15 is 0 Å². The molecule has 2 aliphatic rings. The maximum absolute atomic E-state index is 14.5. The Kier molecular flexibility index (Phi) is 5.68. The van der Waals surface area contributed by atoms with Gasteiger partial charge in [0.05, 0.1) is 5.69 Å². The maximum atomic E-state index is 14.5. The van der Waals surface area contributed by atoms with Crippen molar-refractivity contribution in [3.8, 4) is 0 Å². The molecule has 2 fully saturated rings. The van der Waals surface area contributed by atoms with Crippen LogP contribution in [0.3, 0.4) is 0 Å². The van der Waals surface area contributed by atoms with Crippen molar-refractivity contribution in [2.24, 2.45) is 0 Å². The number of likely N-dealkylation sites (N-methyl/N-ethyl adjacent to an activating group) is 1. The molecule has 1 atom stereocenters. The van der Waals surface area contributed by atoms with Crippen LogP contribution in [-0.4, -0.2) is 62.7 Å². The van der Waals surface area contributed by atoms with Gasteiger partial charge in [-0.1, -0.05) is 6.92 Å². The molecular weight excluding hydrogens is 307 g/mol. The third-order valence-electron chi connectivity index (χ3n) is 5.00. The molecule has 0 aliphatic carbocycles. The number of nitrogens with one attached hydrogen (secondary N) is 2. The summed E-state index contributed by atoms with van der Waals surface area (Å²) < 4.78 is 14.5. The van der Waals surface area contributed by atoms with Crippen molar-refractivity contribution >= 4 is 11.6 Å². The Hall–Kier alpha value is -1.66. The van der Waals surface area contributed by atoms with E-state index in [0.717, 1.165) is 58.7 Å². The molecule has 0 spiro atoms. The lowest BCUT2D eigenvalue weighted by atomic mass is 10.1. The highest BCUT2D eigenvalue weighted by Crippen LogP contribution is 2.22. The molecule has 2 heterocycles. The Morgan fingerprint density at radius 2 is 2.12 bits per heavy atom. The summed E-state index contributed by atoms with van der Waals surface area (Å²) in [6, 6.07) is 4.98. The third kappa shape index (κ3) is 4.05. The van der Waals surface area contributed by atoms with E-state index in [1.807, 2.05) is 0 Å². The minimum Gasteiger partial charge on any atom is -0.367 e. The predicted molar refractivity (Wildman–Crippen MR) is 94.1 cm³/mol. The predicted octanol–water partition coefficient (Wildman–Crippen LogP) is 1.45. The lowest BCUT2D eigenvalue weighted by Crippen LogP contribution is -2.46. The van der Waals surface area contributed by atoms with Crippen LogP contribution < -0.4 is 15.5 Å². The van der Waals surface area contributed by atoms with Gasteiger partial charge in [0.25, 0.3) is 5.91 Å². The number of hydrogen-bond donors (Lipinski definition) is 2. The molecule has 3 rings (SSSR count). The van der Waals surface area contributed by atoms with Gasteiger partial charge in [0, 0.05) is 44.3 Å². The first-order chi connectivity index (χ1) is 11.7. The first-order valence-corrected chi connectivity index (χ1v) is 8.96. The number of anilines is 1. The molecule has 0 saturated carbocycles. The summed E-state index contributed by atoms with van der Waals surface area (Å²) in [6.45, 7) is 8.51. The zero-order valence-electron chi connectivity index (χ0n) is 14.4. The molecule has 2 saturated heterocycles. The normalized spacial score (nSPS) is 22.4. The van der Waals surface area contributed by atoms with E-state index in [-0.39, 0.29) is 17.8 Å². The number of piperidine rings is 1. The van der Waals surface area contributed by atoms with E-state index in [9.17, 15) is 9.18 Å². The zero-order valence-corrected chi connectivity index (χ0v) is 14.4. The first-order valence-electron chi connectivity index (χ1n) is 8.96. The van der Waals surface area contributed by atoms with Crippen molar-refractivity contribution in [1.29, 1.82) is 0 Å². The molecule has 0 radical (unpaired) electrons. The number of hydrogen-bond acceptors (Lipinski definition) is 4. The Morgan fingerprint density at radius 1 is 1.33 bits per heavy atom. The highest BCUT2D eigenvalue weighted by atomic mass is 19.1. The van der Waals surface area contributed by atoms with Crippen LogP contribution in [0.15, 0.2) is 18.2 Å². The van der Waals surface area contributed by atoms with Crippen LogP contribution in [0.2, 0.25) is 0 Å². The number of rotatable bonds is 4. The number of carbonyl (C=O) groups is 1. The summed E-state index contributed by atoms with van der Waals surface area (Å²) >= 11 is 0. The van der Waals surface area contributed by atoms with Gasteiger partial charge in [0.15, 0.2) is 0 Å². The number of halogens is 1. The monoisotopic (exact) mass is 334 g/mol. The van der Waals surface area contributed by atoms with Gasteiger partial charge < -0.3 is 20.4 Å². The Balaban J connectivity index is 1.62. The summed E-state index contributed by atoms with van der Waals surface area (Å²) in [5.74, 6) is -0.501. The lowest BCUT2D eigenvalue weighted by molar-refractivity contribution is 0.0930. The van der Waals surface area contributed by atoms with Crippen LogP contribution in [0.5, 0.6) is 0 Å².